The molecule has 6 nitrogen and oxygen atoms in total. The summed E-state index contributed by atoms with van der Waals surface area (Å²) < 4.78 is 0. The number of anilines is 1. The molecule has 0 fully saturated rings. The summed E-state index contributed by atoms with van der Waals surface area (Å²) in [7, 11) is 0. The summed E-state index contributed by atoms with van der Waals surface area (Å²) in [5.41, 5.74) is 6.50. The molecule has 0 unspecified atom stereocenters. The second-order valence-electron chi connectivity index (χ2n) is 4.34. The van der Waals surface area contributed by atoms with Crippen molar-refractivity contribution >= 4 is 17.3 Å². The van der Waals surface area contributed by atoms with Crippen molar-refractivity contribution in [3.05, 3.63) is 32.9 Å². The minimum atomic E-state index is -1.13. The van der Waals surface area contributed by atoms with E-state index < -0.39 is 10.9 Å². The lowest BCUT2D eigenvalue weighted by molar-refractivity contribution is -0.385. The third-order valence-electron chi connectivity index (χ3n) is 3.10. The predicted octanol–water partition coefficient (Wildman–Crippen LogP) is 2.78. The predicted molar refractivity (Wildman–Crippen MR) is 72.5 cm³/mol. The third kappa shape index (κ3) is 3.01. The number of nitrogens with two attached hydrogens (primary N) is 1. The number of nitro groups is 1. The van der Waals surface area contributed by atoms with Gasteiger partial charge in [-0.3, -0.25) is 10.1 Å². The number of aromatic carboxylic acids is 1. The van der Waals surface area contributed by atoms with E-state index in [1.165, 1.54) is 6.07 Å². The Hall–Kier alpha value is -2.11. The zero-order chi connectivity index (χ0) is 14.6. The molecular formula is C13H18N2O4. The number of benzene rings is 1. The number of nitrogen functional groups attached to an aromatic ring is 1. The van der Waals surface area contributed by atoms with Gasteiger partial charge in [-0.15, -0.1) is 0 Å². The van der Waals surface area contributed by atoms with Gasteiger partial charge in [0.15, 0.2) is 0 Å². The van der Waals surface area contributed by atoms with E-state index in [-0.39, 0.29) is 16.9 Å². The monoisotopic (exact) mass is 266 g/mol. The Kier molecular flexibility index (Phi) is 4.86. The largest absolute Gasteiger partial charge is 0.478 e. The summed E-state index contributed by atoms with van der Waals surface area (Å²) in [6.07, 6.45) is 2.45. The SMILES string of the molecule is CCCCc1cc([N+](=O)[O-])c(CC)c(N)c1C(=O)O. The van der Waals surface area contributed by atoms with Crippen LogP contribution in [0.15, 0.2) is 6.07 Å². The molecule has 0 atom stereocenters. The molecule has 0 radical (unpaired) electrons. The van der Waals surface area contributed by atoms with Gasteiger partial charge in [0.1, 0.15) is 0 Å². The Bertz CT molecular complexity index is 512. The molecular weight excluding hydrogens is 248 g/mol. The van der Waals surface area contributed by atoms with Crippen molar-refractivity contribution in [3.8, 4) is 0 Å². The highest BCUT2D eigenvalue weighted by Gasteiger charge is 2.24. The average Bonchev–Trinajstić information content (AvgIpc) is 2.34. The van der Waals surface area contributed by atoms with Crippen molar-refractivity contribution in [3.63, 3.8) is 0 Å². The quantitative estimate of drug-likeness (QED) is 0.467. The van der Waals surface area contributed by atoms with Gasteiger partial charge in [-0.2, -0.15) is 0 Å². The molecule has 0 spiro atoms. The maximum atomic E-state index is 11.3. The highest BCUT2D eigenvalue weighted by Crippen LogP contribution is 2.32. The number of carbonyl (C=O) groups is 1. The first kappa shape index (κ1) is 14.9. The lowest BCUT2D eigenvalue weighted by Gasteiger charge is -2.13. The van der Waals surface area contributed by atoms with Crippen LogP contribution >= 0.6 is 0 Å². The number of hydrogen-bond donors (Lipinski definition) is 2. The molecule has 0 saturated heterocycles. The fourth-order valence-corrected chi connectivity index (χ4v) is 2.14. The second-order valence-corrected chi connectivity index (χ2v) is 4.34. The van der Waals surface area contributed by atoms with E-state index >= 15 is 0 Å². The van der Waals surface area contributed by atoms with Gasteiger partial charge in [0.25, 0.3) is 5.69 Å². The van der Waals surface area contributed by atoms with Gasteiger partial charge in [-0.05, 0) is 24.8 Å². The Balaban J connectivity index is 3.52. The smallest absolute Gasteiger partial charge is 0.338 e. The summed E-state index contributed by atoms with van der Waals surface area (Å²) in [5, 5.41) is 20.3. The van der Waals surface area contributed by atoms with Crippen LogP contribution in [0, 0.1) is 10.1 Å². The number of hydrogen-bond acceptors (Lipinski definition) is 4. The standard InChI is InChI=1S/C13H18N2O4/c1-3-5-6-8-7-10(15(18)19)9(4-2)12(14)11(8)13(16)17/h7H,3-6,14H2,1-2H3,(H,16,17). The molecule has 0 amide bonds. The van der Waals surface area contributed by atoms with Gasteiger partial charge >= 0.3 is 5.97 Å². The molecule has 0 aromatic heterocycles. The maximum Gasteiger partial charge on any atom is 0.338 e. The Labute approximate surface area is 111 Å². The molecule has 6 heteroatoms. The first-order valence-corrected chi connectivity index (χ1v) is 6.25. The van der Waals surface area contributed by atoms with Gasteiger partial charge < -0.3 is 10.8 Å². The van der Waals surface area contributed by atoms with Gasteiger partial charge in [-0.1, -0.05) is 20.3 Å². The molecule has 0 aliphatic heterocycles. The molecule has 0 bridgehead atoms. The minimum absolute atomic E-state index is 0.0101. The van der Waals surface area contributed by atoms with E-state index in [4.69, 9.17) is 5.73 Å². The van der Waals surface area contributed by atoms with Crippen molar-refractivity contribution in [1.82, 2.24) is 0 Å². The van der Waals surface area contributed by atoms with Crippen LogP contribution in [0.2, 0.25) is 0 Å². The molecule has 104 valence electrons. The van der Waals surface area contributed by atoms with E-state index in [2.05, 4.69) is 0 Å². The van der Waals surface area contributed by atoms with Crippen molar-refractivity contribution in [2.24, 2.45) is 0 Å². The van der Waals surface area contributed by atoms with E-state index in [1.807, 2.05) is 6.92 Å². The average molecular weight is 266 g/mol. The van der Waals surface area contributed by atoms with E-state index in [0.29, 0.717) is 24.0 Å². The minimum Gasteiger partial charge on any atom is -0.478 e. The van der Waals surface area contributed by atoms with Gasteiger partial charge in [0.2, 0.25) is 0 Å². The number of unbranched alkanes of at least 4 members (excludes halogenated alkanes) is 1. The van der Waals surface area contributed by atoms with Crippen molar-refractivity contribution in [2.45, 2.75) is 39.5 Å². The Morgan fingerprint density at radius 3 is 2.53 bits per heavy atom. The Morgan fingerprint density at radius 1 is 1.47 bits per heavy atom. The van der Waals surface area contributed by atoms with Crippen LogP contribution in [0.5, 0.6) is 0 Å². The number of carboxylic acids is 1. The highest BCUT2D eigenvalue weighted by atomic mass is 16.6. The number of nitro benzene ring substituents is 1. The molecule has 19 heavy (non-hydrogen) atoms. The summed E-state index contributed by atoms with van der Waals surface area (Å²) in [5.74, 6) is -1.13. The molecule has 0 heterocycles. The van der Waals surface area contributed by atoms with Crippen LogP contribution in [-0.4, -0.2) is 16.0 Å². The molecule has 1 aromatic rings. The lowest BCUT2D eigenvalue weighted by Crippen LogP contribution is -2.12. The number of aryl methyl sites for hydroxylation is 1. The fourth-order valence-electron chi connectivity index (χ4n) is 2.14. The molecule has 0 aliphatic rings. The zero-order valence-corrected chi connectivity index (χ0v) is 11.1. The van der Waals surface area contributed by atoms with E-state index in [9.17, 15) is 20.0 Å². The summed E-state index contributed by atoms with van der Waals surface area (Å²) in [4.78, 5) is 21.8. The molecule has 1 aromatic carbocycles. The maximum absolute atomic E-state index is 11.3. The molecule has 0 aliphatic carbocycles. The highest BCUT2D eigenvalue weighted by molar-refractivity contribution is 5.97. The van der Waals surface area contributed by atoms with Crippen molar-refractivity contribution < 1.29 is 14.8 Å². The first-order chi connectivity index (χ1) is 8.93. The summed E-state index contributed by atoms with van der Waals surface area (Å²) in [6.45, 7) is 3.69. The van der Waals surface area contributed by atoms with Crippen LogP contribution in [-0.2, 0) is 12.8 Å². The topological polar surface area (TPSA) is 106 Å². The van der Waals surface area contributed by atoms with Crippen molar-refractivity contribution in [1.29, 1.82) is 0 Å². The van der Waals surface area contributed by atoms with Crippen LogP contribution in [0.3, 0.4) is 0 Å². The Morgan fingerprint density at radius 2 is 2.11 bits per heavy atom. The van der Waals surface area contributed by atoms with E-state index in [1.54, 1.807) is 6.92 Å². The van der Waals surface area contributed by atoms with Gasteiger partial charge in [-0.25, -0.2) is 4.79 Å². The van der Waals surface area contributed by atoms with Crippen LogP contribution in [0.25, 0.3) is 0 Å². The van der Waals surface area contributed by atoms with Gasteiger partial charge in [0, 0.05) is 6.07 Å². The second kappa shape index (κ2) is 6.17. The number of nitrogens with zero attached hydrogens (tertiary/aromatic N) is 1. The molecule has 3 N–H and O–H groups in total. The molecule has 1 rings (SSSR count). The van der Waals surface area contributed by atoms with Crippen LogP contribution < -0.4 is 5.73 Å². The van der Waals surface area contributed by atoms with Crippen LogP contribution in [0.4, 0.5) is 11.4 Å². The summed E-state index contributed by atoms with van der Waals surface area (Å²) >= 11 is 0. The van der Waals surface area contributed by atoms with Crippen LogP contribution in [0.1, 0.15) is 48.2 Å². The lowest BCUT2D eigenvalue weighted by atomic mass is 9.94. The van der Waals surface area contributed by atoms with E-state index in [0.717, 1.165) is 12.8 Å². The summed E-state index contributed by atoms with van der Waals surface area (Å²) in [6, 6.07) is 1.36. The fraction of sp³-hybridized carbons (Fsp3) is 0.462. The molecule has 0 saturated carbocycles. The number of carboxylic acid groups (broad SMARTS) is 1. The third-order valence-corrected chi connectivity index (χ3v) is 3.10. The zero-order valence-electron chi connectivity index (χ0n) is 11.1. The van der Waals surface area contributed by atoms with Gasteiger partial charge in [0.05, 0.1) is 21.7 Å². The first-order valence-electron chi connectivity index (χ1n) is 6.25. The normalized spacial score (nSPS) is 10.4. The van der Waals surface area contributed by atoms with Crippen molar-refractivity contribution in [2.75, 3.05) is 5.73 Å². The number of rotatable bonds is 6.